The van der Waals surface area contributed by atoms with Gasteiger partial charge in [-0.15, -0.1) is 0 Å². The number of halogens is 3. The zero-order valence-corrected chi connectivity index (χ0v) is 20.2. The Labute approximate surface area is 212 Å². The molecule has 1 amide bonds. The van der Waals surface area contributed by atoms with Gasteiger partial charge in [0.15, 0.2) is 5.13 Å². The van der Waals surface area contributed by atoms with E-state index in [0.29, 0.717) is 21.7 Å². The number of fused-ring (bicyclic) bond motifs is 1. The number of amides is 1. The molecule has 1 aliphatic heterocycles. The van der Waals surface area contributed by atoms with Crippen molar-refractivity contribution in [1.82, 2.24) is 9.97 Å². The number of ether oxygens (including phenoxy) is 1. The highest BCUT2D eigenvalue weighted by Gasteiger charge is 2.49. The third-order valence-electron chi connectivity index (χ3n) is 5.47. The summed E-state index contributed by atoms with van der Waals surface area (Å²) in [4.78, 5) is 36.4. The number of Topliss-reactive ketones (excluding diaryl/α,β-unsaturated/α-hetero) is 1. The number of rotatable bonds is 4. The molecule has 0 radical (unpaired) electrons. The van der Waals surface area contributed by atoms with Gasteiger partial charge >= 0.3 is 5.91 Å². The Morgan fingerprint density at radius 1 is 1.14 bits per heavy atom. The molecule has 0 bridgehead atoms. The predicted molar refractivity (Wildman–Crippen MR) is 132 cm³/mol. The van der Waals surface area contributed by atoms with E-state index in [1.54, 1.807) is 24.3 Å². The van der Waals surface area contributed by atoms with Crippen LogP contribution in [0.5, 0.6) is 5.75 Å². The van der Waals surface area contributed by atoms with Gasteiger partial charge in [-0.3, -0.25) is 19.5 Å². The molecule has 1 aliphatic rings. The number of aliphatic hydroxyl groups excluding tert-OH is 1. The second kappa shape index (κ2) is 8.92. The Hall–Kier alpha value is -3.53. The quantitative estimate of drug-likeness (QED) is 0.205. The number of carbonyl (C=O) groups is 2. The summed E-state index contributed by atoms with van der Waals surface area (Å²) in [6.07, 6.45) is 1.50. The first-order valence-corrected chi connectivity index (χ1v) is 11.7. The van der Waals surface area contributed by atoms with Crippen LogP contribution in [0.15, 0.2) is 60.3 Å². The Morgan fingerprint density at radius 2 is 1.94 bits per heavy atom. The Balaban J connectivity index is 1.74. The fourth-order valence-electron chi connectivity index (χ4n) is 3.82. The van der Waals surface area contributed by atoms with Crippen LogP contribution < -0.4 is 9.64 Å². The lowest BCUT2D eigenvalue weighted by atomic mass is 9.98. The van der Waals surface area contributed by atoms with Crippen LogP contribution in [0, 0.1) is 5.82 Å². The van der Waals surface area contributed by atoms with E-state index in [1.165, 1.54) is 37.6 Å². The number of thiazole rings is 1. The summed E-state index contributed by atoms with van der Waals surface area (Å²) in [5, 5.41) is 11.4. The first-order chi connectivity index (χ1) is 16.8. The standard InChI is InChI=1S/C24H14Cl2FN3O4S/c1-34-11-5-6-13(25)12(8-11)21(31)19-20(16-4-2-3-7-28-16)30(23(33)22(19)32)24-29-17-9-14(26)15(27)10-18(17)35-24/h2-10,20,31H,1H3/b21-19+. The van der Waals surface area contributed by atoms with Crippen LogP contribution in [0.2, 0.25) is 10.0 Å². The van der Waals surface area contributed by atoms with Gasteiger partial charge < -0.3 is 9.84 Å². The lowest BCUT2D eigenvalue weighted by molar-refractivity contribution is -0.132. The molecule has 7 nitrogen and oxygen atoms in total. The average Bonchev–Trinajstić information content (AvgIpc) is 3.37. The largest absolute Gasteiger partial charge is 0.507 e. The second-order valence-corrected chi connectivity index (χ2v) is 9.32. The van der Waals surface area contributed by atoms with Gasteiger partial charge in [-0.2, -0.15) is 0 Å². The molecule has 11 heteroatoms. The van der Waals surface area contributed by atoms with Crippen LogP contribution in [-0.4, -0.2) is 33.9 Å². The molecule has 1 unspecified atom stereocenters. The Bertz CT molecular complexity index is 1500. The van der Waals surface area contributed by atoms with E-state index in [9.17, 15) is 19.1 Å². The SMILES string of the molecule is COc1ccc(Cl)c(/C(O)=C2\C(=O)C(=O)N(c3nc4cc(Cl)c(F)cc4s3)C2c2ccccn2)c1. The molecular weight excluding hydrogens is 516 g/mol. The number of nitrogens with zero attached hydrogens (tertiary/aromatic N) is 3. The van der Waals surface area contributed by atoms with Crippen molar-refractivity contribution in [2.75, 3.05) is 12.0 Å². The Kier molecular flexibility index (Phi) is 5.92. The van der Waals surface area contributed by atoms with E-state index in [0.717, 1.165) is 16.2 Å². The van der Waals surface area contributed by atoms with Crippen LogP contribution in [0.3, 0.4) is 0 Å². The molecule has 2 aromatic carbocycles. The van der Waals surface area contributed by atoms with E-state index in [-0.39, 0.29) is 26.3 Å². The normalized spacial score (nSPS) is 17.4. The summed E-state index contributed by atoms with van der Waals surface area (Å²) in [7, 11) is 1.45. The third-order valence-corrected chi connectivity index (χ3v) is 7.10. The van der Waals surface area contributed by atoms with Gasteiger partial charge in [0.05, 0.1) is 38.6 Å². The summed E-state index contributed by atoms with van der Waals surface area (Å²) in [6, 6.07) is 11.0. The third kappa shape index (κ3) is 3.91. The number of pyridine rings is 1. The van der Waals surface area contributed by atoms with Crippen LogP contribution in [-0.2, 0) is 9.59 Å². The average molecular weight is 530 g/mol. The van der Waals surface area contributed by atoms with E-state index < -0.39 is 29.3 Å². The zero-order chi connectivity index (χ0) is 24.9. The van der Waals surface area contributed by atoms with Crippen molar-refractivity contribution in [3.8, 4) is 5.75 Å². The number of hydrogen-bond acceptors (Lipinski definition) is 7. The maximum Gasteiger partial charge on any atom is 0.301 e. The molecule has 176 valence electrons. The summed E-state index contributed by atoms with van der Waals surface area (Å²) in [5.74, 6) is -2.59. The van der Waals surface area contributed by atoms with Gasteiger partial charge in [0.2, 0.25) is 0 Å². The number of aromatic nitrogens is 2. The second-order valence-electron chi connectivity index (χ2n) is 7.50. The highest BCUT2D eigenvalue weighted by Crippen LogP contribution is 2.45. The molecule has 3 heterocycles. The molecule has 2 aromatic heterocycles. The van der Waals surface area contributed by atoms with Gasteiger partial charge in [0, 0.05) is 11.8 Å². The number of benzene rings is 2. The van der Waals surface area contributed by atoms with Gasteiger partial charge in [0.25, 0.3) is 5.78 Å². The van der Waals surface area contributed by atoms with Crippen molar-refractivity contribution in [1.29, 1.82) is 0 Å². The van der Waals surface area contributed by atoms with Crippen molar-refractivity contribution >= 4 is 67.3 Å². The number of anilines is 1. The molecule has 0 aliphatic carbocycles. The smallest absolute Gasteiger partial charge is 0.301 e. The van der Waals surface area contributed by atoms with Crippen molar-refractivity contribution in [3.63, 3.8) is 0 Å². The van der Waals surface area contributed by atoms with E-state index in [1.807, 2.05) is 0 Å². The molecule has 5 rings (SSSR count). The number of methoxy groups -OCH3 is 1. The van der Waals surface area contributed by atoms with Gasteiger partial charge in [-0.25, -0.2) is 9.37 Å². The fourth-order valence-corrected chi connectivity index (χ4v) is 5.18. The van der Waals surface area contributed by atoms with Crippen molar-refractivity contribution < 1.29 is 23.8 Å². The molecule has 35 heavy (non-hydrogen) atoms. The lowest BCUT2D eigenvalue weighted by Crippen LogP contribution is -2.29. The topological polar surface area (TPSA) is 92.6 Å². The first-order valence-electron chi connectivity index (χ1n) is 10.1. The summed E-state index contributed by atoms with van der Waals surface area (Å²) < 4.78 is 19.6. The van der Waals surface area contributed by atoms with Crippen molar-refractivity contribution in [2.45, 2.75) is 6.04 Å². The van der Waals surface area contributed by atoms with E-state index >= 15 is 0 Å². The molecule has 1 saturated heterocycles. The highest BCUT2D eigenvalue weighted by molar-refractivity contribution is 7.22. The molecule has 1 fully saturated rings. The monoisotopic (exact) mass is 529 g/mol. The van der Waals surface area contributed by atoms with Gasteiger partial charge in [-0.1, -0.05) is 40.6 Å². The van der Waals surface area contributed by atoms with E-state index in [4.69, 9.17) is 27.9 Å². The molecule has 4 aromatic rings. The lowest BCUT2D eigenvalue weighted by Gasteiger charge is -2.22. The minimum absolute atomic E-state index is 0.114. The number of carbonyl (C=O) groups excluding carboxylic acids is 2. The number of hydrogen-bond donors (Lipinski definition) is 1. The minimum atomic E-state index is -1.11. The fraction of sp³-hybridized carbons (Fsp3) is 0.0833. The molecule has 0 saturated carbocycles. The number of ketones is 1. The predicted octanol–water partition coefficient (Wildman–Crippen LogP) is 5.77. The minimum Gasteiger partial charge on any atom is -0.507 e. The maximum atomic E-state index is 14.0. The first kappa shape index (κ1) is 23.2. The van der Waals surface area contributed by atoms with E-state index in [2.05, 4.69) is 9.97 Å². The van der Waals surface area contributed by atoms with Gasteiger partial charge in [-0.05, 0) is 42.5 Å². The molecule has 0 spiro atoms. The maximum absolute atomic E-state index is 14.0. The Morgan fingerprint density at radius 3 is 2.66 bits per heavy atom. The summed E-state index contributed by atoms with van der Waals surface area (Å²) >= 11 is 13.2. The van der Waals surface area contributed by atoms with Crippen molar-refractivity contribution in [2.24, 2.45) is 0 Å². The summed E-state index contributed by atoms with van der Waals surface area (Å²) in [6.45, 7) is 0. The van der Waals surface area contributed by atoms with Crippen LogP contribution >= 0.6 is 34.5 Å². The van der Waals surface area contributed by atoms with Crippen molar-refractivity contribution in [3.05, 3.63) is 87.4 Å². The molecule has 1 atom stereocenters. The van der Waals surface area contributed by atoms with Crippen LogP contribution in [0.25, 0.3) is 16.0 Å². The van der Waals surface area contributed by atoms with Crippen LogP contribution in [0.1, 0.15) is 17.3 Å². The number of aliphatic hydroxyl groups is 1. The summed E-state index contributed by atoms with van der Waals surface area (Å²) in [5.41, 5.74) is 0.570. The zero-order valence-electron chi connectivity index (χ0n) is 17.8. The molecular formula is C24H14Cl2FN3O4S. The highest BCUT2D eigenvalue weighted by atomic mass is 35.5. The van der Waals surface area contributed by atoms with Crippen LogP contribution in [0.4, 0.5) is 9.52 Å². The molecule has 1 N–H and O–H groups in total. The van der Waals surface area contributed by atoms with Gasteiger partial charge in [0.1, 0.15) is 23.4 Å².